The average molecular weight is 393 g/mol. The van der Waals surface area contributed by atoms with Gasteiger partial charge in [0.15, 0.2) is 0 Å². The van der Waals surface area contributed by atoms with Gasteiger partial charge in [-0.25, -0.2) is 13.1 Å². The summed E-state index contributed by atoms with van der Waals surface area (Å²) in [6.07, 6.45) is 2.53. The molecule has 140 valence electrons. The van der Waals surface area contributed by atoms with Gasteiger partial charge in [0, 0.05) is 13.1 Å². The number of likely N-dealkylation sites (tertiary alicyclic amines) is 1. The SMILES string of the molecule is CC1CCN(Cc2ccc(CNS(=O)(=O)c3ccccc3Cl)cc2)CC1. The molecule has 3 rings (SSSR count). The van der Waals surface area contributed by atoms with Crippen LogP contribution in [0.4, 0.5) is 0 Å². The fourth-order valence-corrected chi connectivity index (χ4v) is 4.69. The fourth-order valence-electron chi connectivity index (χ4n) is 3.16. The Kier molecular flexibility index (Phi) is 6.35. The zero-order valence-corrected chi connectivity index (χ0v) is 16.6. The van der Waals surface area contributed by atoms with Crippen LogP contribution in [0.15, 0.2) is 53.4 Å². The molecule has 0 bridgehead atoms. The monoisotopic (exact) mass is 392 g/mol. The zero-order chi connectivity index (χ0) is 18.6. The fraction of sp³-hybridized carbons (Fsp3) is 0.400. The summed E-state index contributed by atoms with van der Waals surface area (Å²) in [5.74, 6) is 0.833. The molecule has 4 nitrogen and oxygen atoms in total. The molecule has 0 aromatic heterocycles. The predicted molar refractivity (Wildman–Crippen MR) is 106 cm³/mol. The van der Waals surface area contributed by atoms with E-state index in [1.165, 1.54) is 24.5 Å². The molecule has 26 heavy (non-hydrogen) atoms. The van der Waals surface area contributed by atoms with E-state index in [0.717, 1.165) is 31.1 Å². The molecule has 2 aromatic rings. The van der Waals surface area contributed by atoms with Crippen molar-refractivity contribution in [1.82, 2.24) is 9.62 Å². The van der Waals surface area contributed by atoms with E-state index < -0.39 is 10.0 Å². The van der Waals surface area contributed by atoms with Crippen molar-refractivity contribution in [1.29, 1.82) is 0 Å². The van der Waals surface area contributed by atoms with Crippen LogP contribution in [-0.4, -0.2) is 26.4 Å². The van der Waals surface area contributed by atoms with Gasteiger partial charge in [-0.05, 0) is 55.1 Å². The summed E-state index contributed by atoms with van der Waals surface area (Å²) in [6, 6.07) is 14.6. The molecule has 1 heterocycles. The number of piperidine rings is 1. The van der Waals surface area contributed by atoms with Crippen LogP contribution >= 0.6 is 11.6 Å². The molecule has 1 aliphatic rings. The van der Waals surface area contributed by atoms with E-state index in [4.69, 9.17) is 11.6 Å². The maximum Gasteiger partial charge on any atom is 0.242 e. The molecule has 0 spiro atoms. The third kappa shape index (κ3) is 5.07. The molecular formula is C20H25ClN2O2S. The highest BCUT2D eigenvalue weighted by Gasteiger charge is 2.17. The molecule has 2 aromatic carbocycles. The van der Waals surface area contributed by atoms with Crippen LogP contribution in [0.25, 0.3) is 0 Å². The van der Waals surface area contributed by atoms with Gasteiger partial charge in [0.05, 0.1) is 5.02 Å². The number of hydrogen-bond acceptors (Lipinski definition) is 3. The quantitative estimate of drug-likeness (QED) is 0.806. The first-order valence-corrected chi connectivity index (χ1v) is 10.8. The van der Waals surface area contributed by atoms with Crippen molar-refractivity contribution in [3.05, 3.63) is 64.7 Å². The number of benzene rings is 2. The van der Waals surface area contributed by atoms with E-state index in [-0.39, 0.29) is 16.5 Å². The van der Waals surface area contributed by atoms with Crippen LogP contribution in [-0.2, 0) is 23.1 Å². The van der Waals surface area contributed by atoms with Crippen molar-refractivity contribution in [3.63, 3.8) is 0 Å². The van der Waals surface area contributed by atoms with E-state index in [0.29, 0.717) is 0 Å². The topological polar surface area (TPSA) is 49.4 Å². The second kappa shape index (κ2) is 8.53. The summed E-state index contributed by atoms with van der Waals surface area (Å²) in [5, 5.41) is 0.228. The van der Waals surface area contributed by atoms with Crippen molar-refractivity contribution in [3.8, 4) is 0 Å². The Bertz CT molecular complexity index is 829. The summed E-state index contributed by atoms with van der Waals surface area (Å²) in [4.78, 5) is 2.59. The van der Waals surface area contributed by atoms with Gasteiger partial charge in [0.25, 0.3) is 0 Å². The van der Waals surface area contributed by atoms with Crippen molar-refractivity contribution in [2.75, 3.05) is 13.1 Å². The molecule has 0 unspecified atom stereocenters. The molecule has 0 saturated carbocycles. The molecule has 1 saturated heterocycles. The summed E-state index contributed by atoms with van der Waals surface area (Å²) < 4.78 is 27.4. The lowest BCUT2D eigenvalue weighted by atomic mass is 9.99. The van der Waals surface area contributed by atoms with Gasteiger partial charge in [-0.3, -0.25) is 4.90 Å². The van der Waals surface area contributed by atoms with Crippen LogP contribution in [0.1, 0.15) is 30.9 Å². The normalized spacial score (nSPS) is 16.7. The lowest BCUT2D eigenvalue weighted by molar-refractivity contribution is 0.185. The Hall–Kier alpha value is -1.40. The number of rotatable bonds is 6. The molecular weight excluding hydrogens is 368 g/mol. The van der Waals surface area contributed by atoms with E-state index in [2.05, 4.69) is 28.7 Å². The van der Waals surface area contributed by atoms with Crippen LogP contribution in [0.2, 0.25) is 5.02 Å². The molecule has 6 heteroatoms. The first kappa shape index (κ1) is 19.4. The first-order valence-electron chi connectivity index (χ1n) is 8.98. The molecule has 0 radical (unpaired) electrons. The maximum absolute atomic E-state index is 12.4. The molecule has 1 fully saturated rings. The summed E-state index contributed by atoms with van der Waals surface area (Å²) in [5.41, 5.74) is 2.19. The van der Waals surface area contributed by atoms with Crippen LogP contribution in [0.5, 0.6) is 0 Å². The van der Waals surface area contributed by atoms with Gasteiger partial charge in [0.2, 0.25) is 10.0 Å². The zero-order valence-electron chi connectivity index (χ0n) is 15.0. The highest BCUT2D eigenvalue weighted by atomic mass is 35.5. The molecule has 1 aliphatic heterocycles. The maximum atomic E-state index is 12.4. The Morgan fingerprint density at radius 3 is 2.31 bits per heavy atom. The number of halogens is 1. The predicted octanol–water partition coefficient (Wildman–Crippen LogP) is 4.05. The molecule has 0 amide bonds. The minimum Gasteiger partial charge on any atom is -0.299 e. The minimum absolute atomic E-state index is 0.109. The second-order valence-electron chi connectivity index (χ2n) is 7.03. The van der Waals surface area contributed by atoms with E-state index in [1.807, 2.05) is 12.1 Å². The van der Waals surface area contributed by atoms with E-state index in [1.54, 1.807) is 18.2 Å². The Labute approximate surface area is 161 Å². The smallest absolute Gasteiger partial charge is 0.242 e. The van der Waals surface area contributed by atoms with Gasteiger partial charge < -0.3 is 0 Å². The second-order valence-corrected chi connectivity index (χ2v) is 9.17. The number of nitrogens with zero attached hydrogens (tertiary/aromatic N) is 1. The minimum atomic E-state index is -3.62. The Morgan fingerprint density at radius 1 is 1.04 bits per heavy atom. The Morgan fingerprint density at radius 2 is 1.65 bits per heavy atom. The number of hydrogen-bond donors (Lipinski definition) is 1. The van der Waals surface area contributed by atoms with Crippen LogP contribution in [0, 0.1) is 5.92 Å². The average Bonchev–Trinajstić information content (AvgIpc) is 2.63. The standard InChI is InChI=1S/C20H25ClN2O2S/c1-16-10-12-23(13-11-16)15-18-8-6-17(7-9-18)14-22-26(24,25)20-5-3-2-4-19(20)21/h2-9,16,22H,10-15H2,1H3. The number of sulfonamides is 1. The van der Waals surface area contributed by atoms with Crippen molar-refractivity contribution >= 4 is 21.6 Å². The highest BCUT2D eigenvalue weighted by Crippen LogP contribution is 2.21. The molecule has 0 aliphatic carbocycles. The van der Waals surface area contributed by atoms with Crippen LogP contribution < -0.4 is 4.72 Å². The first-order chi connectivity index (χ1) is 12.4. The third-order valence-corrected chi connectivity index (χ3v) is 6.80. The highest BCUT2D eigenvalue weighted by molar-refractivity contribution is 7.89. The van der Waals surface area contributed by atoms with E-state index >= 15 is 0 Å². The summed E-state index contributed by atoms with van der Waals surface area (Å²) in [7, 11) is -3.62. The number of nitrogens with one attached hydrogen (secondary N) is 1. The molecule has 0 atom stereocenters. The van der Waals surface area contributed by atoms with Crippen molar-refractivity contribution < 1.29 is 8.42 Å². The lowest BCUT2D eigenvalue weighted by Crippen LogP contribution is -2.32. The summed E-state index contributed by atoms with van der Waals surface area (Å²) in [6.45, 7) is 5.82. The van der Waals surface area contributed by atoms with Gasteiger partial charge in [-0.15, -0.1) is 0 Å². The van der Waals surface area contributed by atoms with Gasteiger partial charge in [0.1, 0.15) is 4.90 Å². The third-order valence-electron chi connectivity index (χ3n) is 4.90. The molecule has 1 N–H and O–H groups in total. The summed E-state index contributed by atoms with van der Waals surface area (Å²) >= 11 is 5.99. The van der Waals surface area contributed by atoms with E-state index in [9.17, 15) is 8.42 Å². The Balaban J connectivity index is 1.57. The van der Waals surface area contributed by atoms with Gasteiger partial charge in [-0.2, -0.15) is 0 Å². The lowest BCUT2D eigenvalue weighted by Gasteiger charge is -2.30. The van der Waals surface area contributed by atoms with Crippen LogP contribution in [0.3, 0.4) is 0 Å². The largest absolute Gasteiger partial charge is 0.299 e. The van der Waals surface area contributed by atoms with Gasteiger partial charge >= 0.3 is 0 Å². The van der Waals surface area contributed by atoms with Crippen molar-refractivity contribution in [2.24, 2.45) is 5.92 Å². The van der Waals surface area contributed by atoms with Crippen molar-refractivity contribution in [2.45, 2.75) is 37.8 Å². The van der Waals surface area contributed by atoms with Gasteiger partial charge in [-0.1, -0.05) is 54.9 Å².